The monoisotopic (exact) mass is 309 g/mol. The number of ether oxygens (including phenoxy) is 2. The molecule has 1 heterocycles. The molecule has 0 N–H and O–H groups in total. The molecule has 0 saturated heterocycles. The van der Waals surface area contributed by atoms with Gasteiger partial charge in [0.25, 0.3) is 0 Å². The van der Waals surface area contributed by atoms with Crippen molar-refractivity contribution in [3.63, 3.8) is 0 Å². The maximum Gasteiger partial charge on any atom is 0.330 e. The third kappa shape index (κ3) is 4.19. The Morgan fingerprint density at radius 2 is 2.13 bits per heavy atom. The Morgan fingerprint density at radius 1 is 1.30 bits per heavy atom. The quantitative estimate of drug-likeness (QED) is 0.605. The van der Waals surface area contributed by atoms with Crippen LogP contribution in [-0.4, -0.2) is 18.1 Å². The maximum absolute atomic E-state index is 11.1. The van der Waals surface area contributed by atoms with Crippen molar-refractivity contribution in [2.75, 3.05) is 7.11 Å². The second kappa shape index (κ2) is 7.09. The van der Waals surface area contributed by atoms with E-state index in [9.17, 15) is 4.79 Å². The van der Waals surface area contributed by atoms with Crippen molar-refractivity contribution in [2.24, 2.45) is 5.92 Å². The molecule has 1 aliphatic rings. The normalized spacial score (nSPS) is 19.5. The number of nitrogens with zero attached hydrogens (tertiary/aromatic N) is 1. The highest BCUT2D eigenvalue weighted by molar-refractivity contribution is 5.81. The first kappa shape index (κ1) is 15.3. The van der Waals surface area contributed by atoms with E-state index in [4.69, 9.17) is 4.74 Å². The first-order chi connectivity index (χ1) is 11.3. The van der Waals surface area contributed by atoms with Crippen molar-refractivity contribution < 1.29 is 14.3 Å². The lowest BCUT2D eigenvalue weighted by atomic mass is 10.1. The Kier molecular flexibility index (Phi) is 4.71. The summed E-state index contributed by atoms with van der Waals surface area (Å²) in [7, 11) is 1.38. The summed E-state index contributed by atoms with van der Waals surface area (Å²) in [5.74, 6) is 1.24. The Bertz CT molecular complexity index is 697. The van der Waals surface area contributed by atoms with Gasteiger partial charge in [0.1, 0.15) is 12.4 Å². The van der Waals surface area contributed by atoms with Crippen LogP contribution in [0.15, 0.2) is 60.9 Å². The molecule has 1 aromatic carbocycles. The average Bonchev–Trinajstić information content (AvgIpc) is 3.39. The number of benzene rings is 1. The van der Waals surface area contributed by atoms with Crippen LogP contribution in [-0.2, 0) is 16.1 Å². The van der Waals surface area contributed by atoms with E-state index in [1.54, 1.807) is 6.20 Å². The maximum atomic E-state index is 11.1. The highest BCUT2D eigenvalue weighted by Crippen LogP contribution is 2.48. The van der Waals surface area contributed by atoms with Crippen LogP contribution < -0.4 is 4.74 Å². The summed E-state index contributed by atoms with van der Waals surface area (Å²) in [6, 6.07) is 12.1. The fourth-order valence-electron chi connectivity index (χ4n) is 2.54. The molecular weight excluding hydrogens is 290 g/mol. The number of aromatic nitrogens is 1. The van der Waals surface area contributed by atoms with Gasteiger partial charge >= 0.3 is 5.97 Å². The van der Waals surface area contributed by atoms with Crippen LogP contribution in [0.4, 0.5) is 0 Å². The highest BCUT2D eigenvalue weighted by Gasteiger charge is 2.36. The molecule has 0 bridgehead atoms. The molecule has 1 saturated carbocycles. The van der Waals surface area contributed by atoms with Gasteiger partial charge in [-0.25, -0.2) is 4.79 Å². The summed E-state index contributed by atoms with van der Waals surface area (Å²) in [6.45, 7) is 0.530. The zero-order valence-corrected chi connectivity index (χ0v) is 13.0. The fourth-order valence-corrected chi connectivity index (χ4v) is 2.54. The lowest BCUT2D eigenvalue weighted by Crippen LogP contribution is -1.96. The van der Waals surface area contributed by atoms with Gasteiger partial charge in [0.15, 0.2) is 0 Å². The first-order valence-corrected chi connectivity index (χ1v) is 7.64. The fraction of sp³-hybridized carbons (Fsp3) is 0.263. The summed E-state index contributed by atoms with van der Waals surface area (Å²) < 4.78 is 10.4. The predicted octanol–water partition coefficient (Wildman–Crippen LogP) is 3.49. The van der Waals surface area contributed by atoms with Crippen LogP contribution in [0.5, 0.6) is 5.75 Å². The van der Waals surface area contributed by atoms with Crippen molar-refractivity contribution in [3.05, 3.63) is 72.1 Å². The Morgan fingerprint density at radius 3 is 2.91 bits per heavy atom. The van der Waals surface area contributed by atoms with Gasteiger partial charge in [-0.15, -0.1) is 0 Å². The molecule has 4 heteroatoms. The molecule has 0 aliphatic heterocycles. The second-order valence-corrected chi connectivity index (χ2v) is 5.62. The lowest BCUT2D eigenvalue weighted by Gasteiger charge is -2.07. The van der Waals surface area contributed by atoms with Crippen LogP contribution in [0.2, 0.25) is 0 Å². The summed E-state index contributed by atoms with van der Waals surface area (Å²) >= 11 is 0. The Hall–Kier alpha value is -2.62. The number of pyridine rings is 1. The smallest absolute Gasteiger partial charge is 0.330 e. The molecule has 2 atom stereocenters. The zero-order chi connectivity index (χ0) is 16.1. The summed E-state index contributed by atoms with van der Waals surface area (Å²) in [5.41, 5.74) is 2.28. The molecule has 2 aromatic rings. The van der Waals surface area contributed by atoms with Gasteiger partial charge in [-0.2, -0.15) is 0 Å². The van der Waals surface area contributed by atoms with Crippen LogP contribution in [0, 0.1) is 5.92 Å². The molecule has 0 radical (unpaired) electrons. The molecule has 1 fully saturated rings. The minimum absolute atomic E-state index is 0.311. The molecule has 3 rings (SSSR count). The summed E-state index contributed by atoms with van der Waals surface area (Å²) in [5, 5.41) is 0. The number of carbonyl (C=O) groups excluding carboxylic acids is 1. The first-order valence-electron chi connectivity index (χ1n) is 7.64. The van der Waals surface area contributed by atoms with E-state index >= 15 is 0 Å². The van der Waals surface area contributed by atoms with Crippen LogP contribution >= 0.6 is 0 Å². The van der Waals surface area contributed by atoms with Gasteiger partial charge < -0.3 is 9.47 Å². The minimum atomic E-state index is -0.311. The van der Waals surface area contributed by atoms with Gasteiger partial charge in [0.2, 0.25) is 0 Å². The van der Waals surface area contributed by atoms with Gasteiger partial charge in [-0.3, -0.25) is 4.98 Å². The number of hydrogen-bond acceptors (Lipinski definition) is 4. The van der Waals surface area contributed by atoms with E-state index in [2.05, 4.69) is 9.72 Å². The number of allylic oxidation sites excluding steroid dienone is 1. The largest absolute Gasteiger partial charge is 0.487 e. The summed E-state index contributed by atoms with van der Waals surface area (Å²) in [4.78, 5) is 15.4. The third-order valence-electron chi connectivity index (χ3n) is 3.93. The minimum Gasteiger partial charge on any atom is -0.487 e. The molecule has 23 heavy (non-hydrogen) atoms. The average molecular weight is 309 g/mol. The summed E-state index contributed by atoms with van der Waals surface area (Å²) in [6.07, 6.45) is 8.03. The van der Waals surface area contributed by atoms with Crippen molar-refractivity contribution in [2.45, 2.75) is 18.9 Å². The number of esters is 1. The molecule has 0 spiro atoms. The third-order valence-corrected chi connectivity index (χ3v) is 3.93. The van der Waals surface area contributed by atoms with Crippen LogP contribution in [0.25, 0.3) is 0 Å². The van der Waals surface area contributed by atoms with Crippen molar-refractivity contribution >= 4 is 5.97 Å². The molecule has 4 nitrogen and oxygen atoms in total. The van der Waals surface area contributed by atoms with Crippen molar-refractivity contribution in [1.82, 2.24) is 4.98 Å². The van der Waals surface area contributed by atoms with Crippen LogP contribution in [0.3, 0.4) is 0 Å². The van der Waals surface area contributed by atoms with Crippen LogP contribution in [0.1, 0.15) is 23.5 Å². The van der Waals surface area contributed by atoms with Gasteiger partial charge in [-0.1, -0.05) is 36.4 Å². The number of rotatable bonds is 6. The molecule has 1 aliphatic carbocycles. The SMILES string of the molecule is COC(=O)/C=C/[C@H]1C[C@@H]1c1cncc(OCc2ccccc2)c1. The number of hydrogen-bond donors (Lipinski definition) is 0. The van der Waals surface area contributed by atoms with Gasteiger partial charge in [-0.05, 0) is 35.4 Å². The Labute approximate surface area is 135 Å². The molecule has 0 amide bonds. The molecule has 0 unspecified atom stereocenters. The lowest BCUT2D eigenvalue weighted by molar-refractivity contribution is -0.134. The second-order valence-electron chi connectivity index (χ2n) is 5.62. The van der Waals surface area contributed by atoms with Crippen molar-refractivity contribution in [1.29, 1.82) is 0 Å². The van der Waals surface area contributed by atoms with Gasteiger partial charge in [0, 0.05) is 12.3 Å². The number of methoxy groups -OCH3 is 1. The van der Waals surface area contributed by atoms with E-state index in [-0.39, 0.29) is 5.97 Å². The van der Waals surface area contributed by atoms with Gasteiger partial charge in [0.05, 0.1) is 13.3 Å². The molecule has 118 valence electrons. The highest BCUT2D eigenvalue weighted by atomic mass is 16.5. The standard InChI is InChI=1S/C19H19NO3/c1-22-19(21)8-7-15-10-18(15)16-9-17(12-20-11-16)23-13-14-5-3-2-4-6-14/h2-9,11-12,15,18H,10,13H2,1H3/b8-7+/t15-,18-/m0/s1. The van der Waals surface area contributed by atoms with E-state index < -0.39 is 0 Å². The number of carbonyl (C=O) groups is 1. The topological polar surface area (TPSA) is 48.4 Å². The van der Waals surface area contributed by atoms with E-state index in [1.807, 2.05) is 48.7 Å². The Balaban J connectivity index is 1.58. The van der Waals surface area contributed by atoms with E-state index in [0.29, 0.717) is 18.4 Å². The van der Waals surface area contributed by atoms with Crippen molar-refractivity contribution in [3.8, 4) is 5.75 Å². The zero-order valence-electron chi connectivity index (χ0n) is 13.0. The van der Waals surface area contributed by atoms with E-state index in [1.165, 1.54) is 13.2 Å². The molecular formula is C19H19NO3. The molecule has 1 aromatic heterocycles. The predicted molar refractivity (Wildman–Crippen MR) is 87.0 cm³/mol. The van der Waals surface area contributed by atoms with E-state index in [0.717, 1.165) is 23.3 Å².